The van der Waals surface area contributed by atoms with Gasteiger partial charge in [-0.2, -0.15) is 10.2 Å². The van der Waals surface area contributed by atoms with Gasteiger partial charge in [-0.3, -0.25) is 9.59 Å². The highest BCUT2D eigenvalue weighted by atomic mass is 19.1. The summed E-state index contributed by atoms with van der Waals surface area (Å²) in [6.45, 7) is 1.17. The molecule has 1 aliphatic heterocycles. The normalized spacial score (nSPS) is 16.7. The van der Waals surface area contributed by atoms with Crippen molar-refractivity contribution in [2.75, 3.05) is 13.2 Å². The zero-order chi connectivity index (χ0) is 18.8. The Hall–Kier alpha value is -3.07. The molecule has 3 heterocycles. The molecule has 0 aliphatic carbocycles. The molecule has 1 aliphatic rings. The Kier molecular flexibility index (Phi) is 4.68. The first-order valence-corrected chi connectivity index (χ1v) is 8.72. The van der Waals surface area contributed by atoms with Crippen LogP contribution in [0.15, 0.2) is 35.1 Å². The third kappa shape index (κ3) is 3.72. The number of hydrogen-bond acceptors (Lipinski definition) is 5. The molecule has 27 heavy (non-hydrogen) atoms. The maximum Gasteiger partial charge on any atom is 0.290 e. The van der Waals surface area contributed by atoms with Crippen LogP contribution < -0.4 is 10.9 Å². The molecule has 0 radical (unpaired) electrons. The van der Waals surface area contributed by atoms with Crippen molar-refractivity contribution in [2.24, 2.45) is 0 Å². The van der Waals surface area contributed by atoms with Crippen molar-refractivity contribution in [3.8, 4) is 11.3 Å². The van der Waals surface area contributed by atoms with Crippen LogP contribution in [0.3, 0.4) is 0 Å². The van der Waals surface area contributed by atoms with E-state index in [1.165, 1.54) is 16.6 Å². The first kappa shape index (κ1) is 17.3. The number of nitrogens with zero attached hydrogens (tertiary/aromatic N) is 3. The summed E-state index contributed by atoms with van der Waals surface area (Å²) in [6, 6.07) is 7.38. The number of ether oxygens (including phenoxy) is 1. The topological polar surface area (TPSA) is 101 Å². The largest absolute Gasteiger partial charge is 0.376 e. The molecule has 0 saturated carbocycles. The third-order valence-corrected chi connectivity index (χ3v) is 4.48. The van der Waals surface area contributed by atoms with E-state index in [9.17, 15) is 14.0 Å². The summed E-state index contributed by atoms with van der Waals surface area (Å²) in [5.74, 6) is -0.279. The lowest BCUT2D eigenvalue weighted by atomic mass is 10.1. The molecule has 1 atom stereocenters. The Bertz CT molecular complexity index is 1020. The van der Waals surface area contributed by atoms with Gasteiger partial charge in [0.25, 0.3) is 5.56 Å². The number of carbonyl (C=O) groups excluding carboxylic acids is 1. The summed E-state index contributed by atoms with van der Waals surface area (Å²) >= 11 is 0. The van der Waals surface area contributed by atoms with Gasteiger partial charge < -0.3 is 10.1 Å². The summed E-state index contributed by atoms with van der Waals surface area (Å²) in [6.07, 6.45) is 1.95. The van der Waals surface area contributed by atoms with Crippen molar-refractivity contribution >= 4 is 11.4 Å². The van der Waals surface area contributed by atoms with E-state index in [1.807, 2.05) is 0 Å². The summed E-state index contributed by atoms with van der Waals surface area (Å²) in [5, 5.41) is 13.5. The van der Waals surface area contributed by atoms with Crippen LogP contribution in [0.1, 0.15) is 18.7 Å². The van der Waals surface area contributed by atoms with Crippen LogP contribution in [0.2, 0.25) is 0 Å². The number of benzene rings is 1. The Balaban J connectivity index is 1.57. The van der Waals surface area contributed by atoms with Crippen LogP contribution >= 0.6 is 0 Å². The van der Waals surface area contributed by atoms with Crippen molar-refractivity contribution in [3.05, 3.63) is 52.3 Å². The number of carbonyl (C=O) groups is 1. The smallest absolute Gasteiger partial charge is 0.290 e. The second kappa shape index (κ2) is 7.28. The van der Waals surface area contributed by atoms with Gasteiger partial charge in [0.15, 0.2) is 5.82 Å². The van der Waals surface area contributed by atoms with Crippen molar-refractivity contribution in [1.29, 1.82) is 0 Å². The minimum Gasteiger partial charge on any atom is -0.376 e. The van der Waals surface area contributed by atoms with Crippen molar-refractivity contribution < 1.29 is 13.9 Å². The molecule has 1 saturated heterocycles. The van der Waals surface area contributed by atoms with Crippen LogP contribution in [0.25, 0.3) is 16.8 Å². The molecule has 8 nitrogen and oxygen atoms in total. The molecule has 1 fully saturated rings. The minimum absolute atomic E-state index is 0.0372. The molecule has 4 rings (SSSR count). The average molecular weight is 371 g/mol. The molecular formula is C18H18FN5O3. The van der Waals surface area contributed by atoms with Gasteiger partial charge in [0.2, 0.25) is 5.91 Å². The van der Waals surface area contributed by atoms with E-state index >= 15 is 0 Å². The van der Waals surface area contributed by atoms with Gasteiger partial charge in [0, 0.05) is 18.7 Å². The van der Waals surface area contributed by atoms with Crippen LogP contribution in [-0.4, -0.2) is 45.0 Å². The third-order valence-electron chi connectivity index (χ3n) is 4.48. The van der Waals surface area contributed by atoms with Crippen molar-refractivity contribution in [3.63, 3.8) is 0 Å². The molecule has 0 bridgehead atoms. The molecule has 1 unspecified atom stereocenters. The summed E-state index contributed by atoms with van der Waals surface area (Å²) in [4.78, 5) is 24.3. The lowest BCUT2D eigenvalue weighted by molar-refractivity contribution is -0.121. The highest BCUT2D eigenvalue weighted by molar-refractivity contribution is 5.78. The second-order valence-corrected chi connectivity index (χ2v) is 6.42. The highest BCUT2D eigenvalue weighted by Gasteiger charge is 2.18. The predicted octanol–water partition coefficient (Wildman–Crippen LogP) is 1.06. The SMILES string of the molecule is O=C(Cc1n[nH]c(=O)c2cc(-c3ccc(F)cc3)nn12)NCC1CCCO1. The van der Waals surface area contributed by atoms with Crippen LogP contribution in [-0.2, 0) is 16.0 Å². The van der Waals surface area contributed by atoms with Crippen LogP contribution in [0, 0.1) is 5.82 Å². The fourth-order valence-electron chi connectivity index (χ4n) is 3.07. The molecule has 2 N–H and O–H groups in total. The van der Waals surface area contributed by atoms with E-state index in [0.29, 0.717) is 23.6 Å². The number of rotatable bonds is 5. The number of hydrogen-bond donors (Lipinski definition) is 2. The molecule has 9 heteroatoms. The first-order chi connectivity index (χ1) is 13.1. The summed E-state index contributed by atoms with van der Waals surface area (Å²) in [7, 11) is 0. The number of amides is 1. The molecular weight excluding hydrogens is 353 g/mol. The van der Waals surface area contributed by atoms with E-state index < -0.39 is 5.56 Å². The van der Waals surface area contributed by atoms with Gasteiger partial charge in [-0.05, 0) is 43.2 Å². The molecule has 1 amide bonds. The molecule has 0 spiro atoms. The average Bonchev–Trinajstić information content (AvgIpc) is 3.33. The van der Waals surface area contributed by atoms with E-state index in [-0.39, 0.29) is 29.8 Å². The maximum absolute atomic E-state index is 13.1. The second-order valence-electron chi connectivity index (χ2n) is 6.42. The Morgan fingerprint density at radius 2 is 2.19 bits per heavy atom. The van der Waals surface area contributed by atoms with Gasteiger partial charge in [0.1, 0.15) is 11.3 Å². The van der Waals surface area contributed by atoms with Gasteiger partial charge in [-0.25, -0.2) is 14.0 Å². The number of aromatic amines is 1. The van der Waals surface area contributed by atoms with Crippen molar-refractivity contribution in [2.45, 2.75) is 25.4 Å². The predicted molar refractivity (Wildman–Crippen MR) is 94.7 cm³/mol. The van der Waals surface area contributed by atoms with E-state index in [1.54, 1.807) is 18.2 Å². The van der Waals surface area contributed by atoms with E-state index in [2.05, 4.69) is 20.6 Å². The van der Waals surface area contributed by atoms with Gasteiger partial charge in [-0.1, -0.05) is 0 Å². The maximum atomic E-state index is 13.1. The first-order valence-electron chi connectivity index (χ1n) is 8.72. The molecule has 2 aromatic heterocycles. The molecule has 140 valence electrons. The van der Waals surface area contributed by atoms with Crippen molar-refractivity contribution in [1.82, 2.24) is 25.1 Å². The number of H-pyrrole nitrogens is 1. The van der Waals surface area contributed by atoms with Crippen LogP contribution in [0.5, 0.6) is 0 Å². The summed E-state index contributed by atoms with van der Waals surface area (Å²) < 4.78 is 19.9. The Morgan fingerprint density at radius 1 is 1.37 bits per heavy atom. The zero-order valence-corrected chi connectivity index (χ0v) is 14.4. The van der Waals surface area contributed by atoms with Gasteiger partial charge in [0.05, 0.1) is 18.2 Å². The highest BCUT2D eigenvalue weighted by Crippen LogP contribution is 2.19. The standard InChI is InChI=1S/C18H18FN5O3/c19-12-5-3-11(4-6-12)14-8-15-18(26)22-21-16(24(15)23-14)9-17(25)20-10-13-2-1-7-27-13/h3-6,8,13H,1-2,7,9-10H2,(H,20,25)(H,22,26). The lowest BCUT2D eigenvalue weighted by Gasteiger charge is -2.10. The summed E-state index contributed by atoms with van der Waals surface area (Å²) in [5.41, 5.74) is 1.01. The molecule has 3 aromatic rings. The van der Waals surface area contributed by atoms with E-state index in [4.69, 9.17) is 4.74 Å². The Labute approximate surface area is 153 Å². The quantitative estimate of drug-likeness (QED) is 0.698. The van der Waals surface area contributed by atoms with Gasteiger partial charge >= 0.3 is 0 Å². The number of fused-ring (bicyclic) bond motifs is 1. The number of nitrogens with one attached hydrogen (secondary N) is 2. The molecule has 1 aromatic carbocycles. The minimum atomic E-state index is -0.417. The van der Waals surface area contributed by atoms with Crippen LogP contribution in [0.4, 0.5) is 4.39 Å². The number of halogens is 1. The van der Waals surface area contributed by atoms with E-state index in [0.717, 1.165) is 19.4 Å². The monoisotopic (exact) mass is 371 g/mol. The van der Waals surface area contributed by atoms with Gasteiger partial charge in [-0.15, -0.1) is 0 Å². The zero-order valence-electron chi connectivity index (χ0n) is 14.4. The Morgan fingerprint density at radius 3 is 2.93 bits per heavy atom. The fraction of sp³-hybridized carbons (Fsp3) is 0.333. The fourth-order valence-corrected chi connectivity index (χ4v) is 3.07. The lowest BCUT2D eigenvalue weighted by Crippen LogP contribution is -2.33. The number of aromatic nitrogens is 4.